The lowest BCUT2D eigenvalue weighted by molar-refractivity contribution is 0.198. The Morgan fingerprint density at radius 1 is 1.30 bits per heavy atom. The van der Waals surface area contributed by atoms with Gasteiger partial charge in [0.1, 0.15) is 12.2 Å². The Balaban J connectivity index is 1.86. The fourth-order valence-electron chi connectivity index (χ4n) is 2.69. The molecule has 0 amide bonds. The van der Waals surface area contributed by atoms with Crippen molar-refractivity contribution in [2.24, 2.45) is 0 Å². The van der Waals surface area contributed by atoms with Crippen LogP contribution in [0.15, 0.2) is 6.33 Å². The number of nitrogens with zero attached hydrogens (tertiary/aromatic N) is 4. The maximum Gasteiger partial charge on any atom is 0.165 e. The molecule has 6 heteroatoms. The van der Waals surface area contributed by atoms with Crippen molar-refractivity contribution in [1.82, 2.24) is 19.5 Å². The van der Waals surface area contributed by atoms with Crippen LogP contribution < -0.4 is 5.32 Å². The number of imidazole rings is 1. The van der Waals surface area contributed by atoms with Gasteiger partial charge >= 0.3 is 0 Å². The van der Waals surface area contributed by atoms with E-state index in [-0.39, 0.29) is 0 Å². The van der Waals surface area contributed by atoms with E-state index in [2.05, 4.69) is 19.9 Å². The van der Waals surface area contributed by atoms with Gasteiger partial charge in [0.15, 0.2) is 17.0 Å². The second kappa shape index (κ2) is 6.17. The molecule has 0 saturated heterocycles. The second-order valence-corrected chi connectivity index (χ2v) is 5.16. The highest BCUT2D eigenvalue weighted by Gasteiger charge is 2.17. The summed E-state index contributed by atoms with van der Waals surface area (Å²) in [6.45, 7) is 2.61. The van der Waals surface area contributed by atoms with E-state index < -0.39 is 0 Å². The first-order valence-corrected chi connectivity index (χ1v) is 7.33. The summed E-state index contributed by atoms with van der Waals surface area (Å²) in [5, 5.41) is 3.34. The third-order valence-electron chi connectivity index (χ3n) is 3.71. The molecule has 0 spiro atoms. The minimum absolute atomic E-state index is 0.751. The van der Waals surface area contributed by atoms with Gasteiger partial charge in [0.05, 0.1) is 0 Å². The van der Waals surface area contributed by atoms with Gasteiger partial charge in [-0.3, -0.25) is 0 Å². The number of aromatic nitrogens is 4. The summed E-state index contributed by atoms with van der Waals surface area (Å²) in [5.74, 6) is 1.99. The smallest absolute Gasteiger partial charge is 0.165 e. The molecule has 0 bridgehead atoms. The molecule has 1 aliphatic heterocycles. The van der Waals surface area contributed by atoms with Crippen molar-refractivity contribution in [3.63, 3.8) is 0 Å². The van der Waals surface area contributed by atoms with Crippen LogP contribution in [0.3, 0.4) is 0 Å². The largest absolute Gasteiger partial charge is 0.385 e. The highest BCUT2D eigenvalue weighted by Crippen LogP contribution is 2.23. The molecule has 0 unspecified atom stereocenters. The fourth-order valence-corrected chi connectivity index (χ4v) is 2.69. The lowest BCUT2D eigenvalue weighted by Crippen LogP contribution is -2.07. The van der Waals surface area contributed by atoms with Gasteiger partial charge in [-0.1, -0.05) is 6.42 Å². The normalized spacial score (nSPS) is 15.1. The van der Waals surface area contributed by atoms with Crippen LogP contribution in [0.2, 0.25) is 0 Å². The number of nitrogens with one attached hydrogen (secondary N) is 1. The van der Waals surface area contributed by atoms with Crippen molar-refractivity contribution >= 4 is 17.0 Å². The molecule has 2 aromatic rings. The standard InChI is InChI=1S/C14H21N5O/c1-20-9-5-7-15-13-12-14(17-10-16-13)19-8-4-2-3-6-11(19)18-12/h10H,2-9H2,1H3,(H,15,16,17). The predicted octanol–water partition coefficient (Wildman–Crippen LogP) is 2.00. The summed E-state index contributed by atoms with van der Waals surface area (Å²) in [6.07, 6.45) is 7.32. The van der Waals surface area contributed by atoms with Crippen molar-refractivity contribution in [1.29, 1.82) is 0 Å². The van der Waals surface area contributed by atoms with Crippen LogP contribution in [0.5, 0.6) is 0 Å². The van der Waals surface area contributed by atoms with E-state index in [0.29, 0.717) is 0 Å². The van der Waals surface area contributed by atoms with Crippen molar-refractivity contribution in [3.8, 4) is 0 Å². The minimum Gasteiger partial charge on any atom is -0.385 e. The van der Waals surface area contributed by atoms with Crippen molar-refractivity contribution < 1.29 is 4.74 Å². The number of fused-ring (bicyclic) bond motifs is 3. The Bertz CT molecular complexity index is 580. The van der Waals surface area contributed by atoms with Gasteiger partial charge in [-0.2, -0.15) is 0 Å². The van der Waals surface area contributed by atoms with E-state index in [0.717, 1.165) is 55.3 Å². The highest BCUT2D eigenvalue weighted by molar-refractivity contribution is 5.83. The molecule has 0 radical (unpaired) electrons. The first kappa shape index (κ1) is 13.3. The second-order valence-electron chi connectivity index (χ2n) is 5.16. The van der Waals surface area contributed by atoms with Crippen LogP contribution in [0.25, 0.3) is 11.2 Å². The Morgan fingerprint density at radius 2 is 2.25 bits per heavy atom. The van der Waals surface area contributed by atoms with Crippen LogP contribution in [-0.4, -0.2) is 39.8 Å². The van der Waals surface area contributed by atoms with E-state index >= 15 is 0 Å². The highest BCUT2D eigenvalue weighted by atomic mass is 16.5. The monoisotopic (exact) mass is 275 g/mol. The SMILES string of the molecule is COCCCNc1ncnc2c1nc1n2CCCCC1. The summed E-state index contributed by atoms with van der Waals surface area (Å²) >= 11 is 0. The molecule has 1 aliphatic rings. The van der Waals surface area contributed by atoms with E-state index in [1.165, 1.54) is 19.3 Å². The molecule has 2 aromatic heterocycles. The Kier molecular flexibility index (Phi) is 4.11. The third-order valence-corrected chi connectivity index (χ3v) is 3.71. The lowest BCUT2D eigenvalue weighted by Gasteiger charge is -2.06. The third kappa shape index (κ3) is 2.60. The van der Waals surface area contributed by atoms with Crippen LogP contribution in [0, 0.1) is 0 Å². The van der Waals surface area contributed by atoms with E-state index in [1.807, 2.05) is 0 Å². The number of rotatable bonds is 5. The molecular weight excluding hydrogens is 254 g/mol. The van der Waals surface area contributed by atoms with Crippen molar-refractivity contribution in [3.05, 3.63) is 12.2 Å². The molecule has 0 saturated carbocycles. The number of anilines is 1. The minimum atomic E-state index is 0.751. The maximum atomic E-state index is 5.05. The van der Waals surface area contributed by atoms with Crippen LogP contribution in [0.1, 0.15) is 31.5 Å². The molecule has 0 aromatic carbocycles. The molecule has 3 rings (SSSR count). The average molecular weight is 275 g/mol. The number of methoxy groups -OCH3 is 1. The molecule has 1 N–H and O–H groups in total. The Labute approximate surface area is 118 Å². The van der Waals surface area contributed by atoms with Gasteiger partial charge in [0.25, 0.3) is 0 Å². The molecule has 0 fully saturated rings. The number of hydrogen-bond acceptors (Lipinski definition) is 5. The molecule has 0 aliphatic carbocycles. The molecule has 108 valence electrons. The van der Waals surface area contributed by atoms with Crippen molar-refractivity contribution in [2.75, 3.05) is 25.6 Å². The average Bonchev–Trinajstić information content (AvgIpc) is 2.67. The van der Waals surface area contributed by atoms with Crippen LogP contribution in [-0.2, 0) is 17.7 Å². The van der Waals surface area contributed by atoms with Crippen LogP contribution >= 0.6 is 0 Å². The predicted molar refractivity (Wildman–Crippen MR) is 77.9 cm³/mol. The Morgan fingerprint density at radius 3 is 3.15 bits per heavy atom. The van der Waals surface area contributed by atoms with E-state index in [9.17, 15) is 0 Å². The summed E-state index contributed by atoms with van der Waals surface area (Å²) in [6, 6.07) is 0. The number of hydrogen-bond donors (Lipinski definition) is 1. The van der Waals surface area contributed by atoms with Gasteiger partial charge in [0, 0.05) is 33.2 Å². The first-order chi connectivity index (χ1) is 9.90. The Hall–Kier alpha value is -1.69. The topological polar surface area (TPSA) is 64.9 Å². The number of ether oxygens (including phenoxy) is 1. The number of aryl methyl sites for hydroxylation is 2. The summed E-state index contributed by atoms with van der Waals surface area (Å²) < 4.78 is 7.31. The lowest BCUT2D eigenvalue weighted by atomic mass is 10.2. The fraction of sp³-hybridized carbons (Fsp3) is 0.643. The van der Waals surface area contributed by atoms with Gasteiger partial charge in [-0.05, 0) is 19.3 Å². The molecule has 0 atom stereocenters. The summed E-state index contributed by atoms with van der Waals surface area (Å²) in [4.78, 5) is 13.5. The first-order valence-electron chi connectivity index (χ1n) is 7.33. The maximum absolute atomic E-state index is 5.05. The van der Waals surface area contributed by atoms with Gasteiger partial charge in [-0.25, -0.2) is 15.0 Å². The zero-order chi connectivity index (χ0) is 13.8. The van der Waals surface area contributed by atoms with Gasteiger partial charge in [0.2, 0.25) is 0 Å². The summed E-state index contributed by atoms with van der Waals surface area (Å²) in [7, 11) is 1.72. The van der Waals surface area contributed by atoms with Crippen molar-refractivity contribution in [2.45, 2.75) is 38.6 Å². The summed E-state index contributed by atoms with van der Waals surface area (Å²) in [5.41, 5.74) is 1.87. The molecule has 6 nitrogen and oxygen atoms in total. The molecule has 20 heavy (non-hydrogen) atoms. The van der Waals surface area contributed by atoms with E-state index in [1.54, 1.807) is 13.4 Å². The van der Waals surface area contributed by atoms with E-state index in [4.69, 9.17) is 9.72 Å². The molecule has 3 heterocycles. The van der Waals surface area contributed by atoms with Gasteiger partial charge < -0.3 is 14.6 Å². The van der Waals surface area contributed by atoms with Gasteiger partial charge in [-0.15, -0.1) is 0 Å². The van der Waals surface area contributed by atoms with Crippen LogP contribution in [0.4, 0.5) is 5.82 Å². The zero-order valence-corrected chi connectivity index (χ0v) is 11.9. The molecular formula is C14H21N5O. The zero-order valence-electron chi connectivity index (χ0n) is 11.9. The quantitative estimate of drug-likeness (QED) is 0.845.